The van der Waals surface area contributed by atoms with E-state index in [1.165, 1.54) is 206 Å². The summed E-state index contributed by atoms with van der Waals surface area (Å²) in [7, 11) is 10.8. The first-order valence-corrected chi connectivity index (χ1v) is 49.5. The highest BCUT2D eigenvalue weighted by Gasteiger charge is 2.53. The highest BCUT2D eigenvalue weighted by Crippen LogP contribution is 2.62. The molecule has 11 aromatic carbocycles. The molecule has 4 aliphatic rings. The Kier molecular flexibility index (Phi) is 21.9. The van der Waals surface area contributed by atoms with E-state index in [4.69, 9.17) is 19.9 Å². The number of hydrogen-bond acceptors (Lipinski definition) is 5. The van der Waals surface area contributed by atoms with Crippen molar-refractivity contribution in [3.05, 3.63) is 363 Å². The second-order valence-corrected chi connectivity index (χ2v) is 44.8. The number of benzene rings is 11. The largest absolute Gasteiger partial charge is 0.294 e. The van der Waals surface area contributed by atoms with Gasteiger partial charge < -0.3 is 0 Å². The second kappa shape index (κ2) is 32.9. The van der Waals surface area contributed by atoms with Crippen LogP contribution >= 0.6 is 0 Å². The van der Waals surface area contributed by atoms with Gasteiger partial charge in [0.25, 0.3) is 17.5 Å². The first kappa shape index (κ1) is 92.7. The molecule has 23 rings (SSSR count). The number of rotatable bonds is 6. The van der Waals surface area contributed by atoms with E-state index in [1.54, 1.807) is 0 Å². The topological polar surface area (TPSA) is 94.8 Å². The molecule has 0 atom stereocenters. The Balaban J connectivity index is 0.000000114. The van der Waals surface area contributed by atoms with Crippen molar-refractivity contribution in [2.75, 3.05) is 0 Å². The van der Waals surface area contributed by atoms with Gasteiger partial charge >= 0.3 is 0 Å². The van der Waals surface area contributed by atoms with Crippen LogP contribution in [0.15, 0.2) is 268 Å². The summed E-state index contributed by atoms with van der Waals surface area (Å²) in [6.07, 6.45) is 16.6. The maximum absolute atomic E-state index is 4.89. The molecular weight excluding hydrogens is 1690 g/mol. The van der Waals surface area contributed by atoms with Gasteiger partial charge in [0.05, 0.1) is 66.9 Å². The van der Waals surface area contributed by atoms with E-state index in [2.05, 4.69) is 476 Å². The fraction of sp³-hybridized carbons (Fsp3) is 0.299. The predicted molar refractivity (Wildman–Crippen MR) is 575 cm³/mol. The molecule has 139 heavy (non-hydrogen) atoms. The molecule has 0 radical (unpaired) electrons. The lowest BCUT2D eigenvalue weighted by atomic mass is 9.54. The van der Waals surface area contributed by atoms with Gasteiger partial charge in [-0.3, -0.25) is 15.0 Å². The number of hydrogen-bond donors (Lipinski definition) is 0. The predicted octanol–water partition coefficient (Wildman–Crippen LogP) is 28.1. The minimum absolute atomic E-state index is 0.0212. The van der Waals surface area contributed by atoms with Gasteiger partial charge in [0.15, 0.2) is 17.2 Å². The molecule has 19 aromatic rings. The quantitative estimate of drug-likeness (QED) is 0.155. The third kappa shape index (κ3) is 14.2. The maximum Gasteiger partial charge on any atom is 0.294 e. The fourth-order valence-electron chi connectivity index (χ4n) is 23.9. The van der Waals surface area contributed by atoms with Crippen LogP contribution in [-0.2, 0) is 78.6 Å². The molecule has 4 aliphatic carbocycles. The van der Waals surface area contributed by atoms with Crippen LogP contribution in [0.25, 0.3) is 156 Å². The van der Waals surface area contributed by atoms with E-state index in [-0.39, 0.29) is 43.3 Å². The first-order chi connectivity index (χ1) is 65.8. The number of aryl methyl sites for hydroxylation is 14. The van der Waals surface area contributed by atoms with E-state index >= 15 is 0 Å². The van der Waals surface area contributed by atoms with Gasteiger partial charge in [-0.15, -0.1) is 0 Å². The van der Waals surface area contributed by atoms with Crippen molar-refractivity contribution in [3.63, 3.8) is 0 Å². The third-order valence-electron chi connectivity index (χ3n) is 34.8. The van der Waals surface area contributed by atoms with Crippen molar-refractivity contribution < 1.29 is 18.3 Å². The Morgan fingerprint density at radius 3 is 1.35 bits per heavy atom. The molecule has 12 heteroatoms. The van der Waals surface area contributed by atoms with Gasteiger partial charge in [0, 0.05) is 74.4 Å². The van der Waals surface area contributed by atoms with Crippen LogP contribution in [0.2, 0.25) is 0 Å². The van der Waals surface area contributed by atoms with Crippen molar-refractivity contribution in [2.45, 2.75) is 216 Å². The smallest absolute Gasteiger partial charge is 0.256 e. The molecule has 0 fully saturated rings. The van der Waals surface area contributed by atoms with E-state index in [9.17, 15) is 0 Å². The van der Waals surface area contributed by atoms with Crippen LogP contribution in [0, 0.1) is 62.3 Å². The van der Waals surface area contributed by atoms with E-state index in [0.29, 0.717) is 0 Å². The summed E-state index contributed by atoms with van der Waals surface area (Å²) in [5, 5.41) is 4.74. The van der Waals surface area contributed by atoms with Gasteiger partial charge in [-0.1, -0.05) is 220 Å². The standard InChI is InChI=1S/C34H36N3.C33H34N3.C31H32N3.C29H32N3/c1-21-11-9-12-22(2)31(21)37-16-15-36(8)32(37)25-19-26-27-20-30-24(13-10-14-35-30)18-29(27)34(6,7)33(4,5)28(26)17-23(25)3;1-21-17-28-26(19-25(21)31-35(7)15-16-36(31)24-11-9-8-10-12-24)27-20-30-23(14-13-22(2)34-30)18-29(27)33(5,6)32(28,3)4;1-19-14-16-21-22-17-15-20-11-10-18-32-28(20)27(22)31(4,5)30(2,3)26(21)25(19)29-33(6)23-12-8-9-13-24(23)34(29)7;1-17-9-10-32(8)27(11-17)21-14-22-23-15-26-20(16-30-19(3)31-26)13-25(23)29(6,7)28(4,5)24(22)12-18(21)2/h9-20H,1-8H3;8-20H,1-7H3;8-18H,1-7H3;9-16H,1-8H3/q4*+1. The lowest BCUT2D eigenvalue weighted by molar-refractivity contribution is -0.660. The molecule has 12 nitrogen and oxygen atoms in total. The average Bonchev–Trinajstić information content (AvgIpc) is 1.59. The summed E-state index contributed by atoms with van der Waals surface area (Å²) in [6, 6.07) is 80.8. The summed E-state index contributed by atoms with van der Waals surface area (Å²) >= 11 is 0. The van der Waals surface area contributed by atoms with Crippen molar-refractivity contribution >= 4 is 54.6 Å². The van der Waals surface area contributed by atoms with Gasteiger partial charge in [0.1, 0.15) is 49.0 Å². The van der Waals surface area contributed by atoms with E-state index < -0.39 is 0 Å². The zero-order valence-corrected chi connectivity index (χ0v) is 87.3. The highest BCUT2D eigenvalue weighted by atomic mass is 15.2. The molecule has 0 spiro atoms. The number of para-hydroxylation sites is 4. The average molecular weight is 1830 g/mol. The zero-order chi connectivity index (χ0) is 98.7. The van der Waals surface area contributed by atoms with Gasteiger partial charge in [-0.05, 0) is 320 Å². The normalized spacial score (nSPS) is 15.7. The number of pyridine rings is 4. The first-order valence-electron chi connectivity index (χ1n) is 49.5. The molecule has 0 saturated carbocycles. The molecule has 8 aromatic heterocycles. The molecule has 0 saturated heterocycles. The molecule has 0 unspecified atom stereocenters. The number of aromatic nitrogens is 12. The molecule has 8 heterocycles. The Hall–Kier alpha value is -14.0. The summed E-state index contributed by atoms with van der Waals surface area (Å²) in [5.41, 5.74) is 47.0. The Morgan fingerprint density at radius 2 is 0.763 bits per heavy atom. The van der Waals surface area contributed by atoms with Gasteiger partial charge in [-0.2, -0.15) is 9.13 Å². The minimum atomic E-state index is -0.119. The SMILES string of the molecule is Cc1cc2c(cc1-c1n(-c3c(C)cccc3C)cc[n+]1C)-c1cc3ncccc3cc1C(C)(C)C2(C)C.Cc1cc[n+](C)c(-c2cc3c(cc2C)C(C)(C)C(C)(C)c2cc4cnc(C)nc4cc2-3)c1.Cc1ccc2c(c1-c1n(C)c3ccccc3[n+]1C)C(C)(C)C(C)(C)c1c-2ccc2cccnc12.Cc1ccc2cc3c(cc2n1)-c1cc(-c2n(-c4ccccc4)cc[n+]2C)c(C)cc1C(C)(C)C3(C)C. The number of imidazole rings is 3. The van der Waals surface area contributed by atoms with Crippen LogP contribution in [0.3, 0.4) is 0 Å². The Labute approximate surface area is 822 Å². The number of nitrogens with zero attached hydrogens (tertiary/aromatic N) is 12. The second-order valence-electron chi connectivity index (χ2n) is 44.8. The Morgan fingerprint density at radius 1 is 0.302 bits per heavy atom. The zero-order valence-electron chi connectivity index (χ0n) is 87.3. The molecule has 0 aliphatic heterocycles. The molecule has 0 amide bonds. The monoisotopic (exact) mass is 1830 g/mol. The van der Waals surface area contributed by atoms with Gasteiger partial charge in [0.2, 0.25) is 5.69 Å². The Bertz CT molecular complexity index is 8290. The van der Waals surface area contributed by atoms with Crippen LogP contribution < -0.4 is 18.3 Å². The van der Waals surface area contributed by atoms with Crippen LogP contribution in [0.4, 0.5) is 0 Å². The van der Waals surface area contributed by atoms with Crippen molar-refractivity contribution in [2.24, 2.45) is 35.2 Å². The van der Waals surface area contributed by atoms with Crippen molar-refractivity contribution in [1.29, 1.82) is 0 Å². The molecular formula is C127H134N12+4. The lowest BCUT2D eigenvalue weighted by Gasteiger charge is -2.49. The van der Waals surface area contributed by atoms with Crippen LogP contribution in [0.1, 0.15) is 206 Å². The van der Waals surface area contributed by atoms with Gasteiger partial charge in [-0.25, -0.2) is 32.8 Å². The highest BCUT2D eigenvalue weighted by molar-refractivity contribution is 5.98. The fourth-order valence-corrected chi connectivity index (χ4v) is 23.9. The molecule has 0 bridgehead atoms. The third-order valence-corrected chi connectivity index (χ3v) is 34.8. The van der Waals surface area contributed by atoms with Crippen LogP contribution in [-0.4, -0.2) is 38.6 Å². The summed E-state index contributed by atoms with van der Waals surface area (Å²) in [4.78, 5) is 23.7. The molecule has 0 N–H and O–H groups in total. The van der Waals surface area contributed by atoms with Crippen molar-refractivity contribution in [3.8, 4) is 101 Å². The molecule has 698 valence electrons. The summed E-state index contributed by atoms with van der Waals surface area (Å²) in [6.45, 7) is 57.9. The summed E-state index contributed by atoms with van der Waals surface area (Å²) < 4.78 is 16.1. The maximum atomic E-state index is 4.89. The lowest BCUT2D eigenvalue weighted by Crippen LogP contribution is -2.45. The van der Waals surface area contributed by atoms with E-state index in [0.717, 1.165) is 44.7 Å². The minimum Gasteiger partial charge on any atom is -0.256 e. The van der Waals surface area contributed by atoms with Crippen molar-refractivity contribution in [1.82, 2.24) is 38.6 Å². The van der Waals surface area contributed by atoms with E-state index in [1.807, 2.05) is 37.6 Å². The number of fused-ring (bicyclic) bond motifs is 18. The van der Waals surface area contributed by atoms with Crippen LogP contribution in [0.5, 0.6) is 0 Å². The summed E-state index contributed by atoms with van der Waals surface area (Å²) in [5.74, 6) is 4.44.